The molecule has 1 amide bonds. The van der Waals surface area contributed by atoms with Gasteiger partial charge in [0.25, 0.3) is 10.0 Å². The number of carbonyl (C=O) groups excluding carboxylic acids is 1. The van der Waals surface area contributed by atoms with Crippen LogP contribution in [0.25, 0.3) is 0 Å². The van der Waals surface area contributed by atoms with Gasteiger partial charge in [-0.2, -0.15) is 0 Å². The molecule has 1 aromatic heterocycles. The lowest BCUT2D eigenvalue weighted by atomic mass is 10.2. The Kier molecular flexibility index (Phi) is 5.38. The number of fused-ring (bicyclic) bond motifs is 1. The molecule has 138 valence electrons. The number of methoxy groups -OCH3 is 1. The highest BCUT2D eigenvalue weighted by atomic mass is 32.2. The van der Waals surface area contributed by atoms with Crippen LogP contribution in [0.15, 0.2) is 41.4 Å². The highest BCUT2D eigenvalue weighted by Crippen LogP contribution is 2.26. The van der Waals surface area contributed by atoms with E-state index >= 15 is 0 Å². The van der Waals surface area contributed by atoms with Gasteiger partial charge in [0.2, 0.25) is 5.91 Å². The van der Waals surface area contributed by atoms with Gasteiger partial charge in [-0.3, -0.25) is 9.52 Å². The van der Waals surface area contributed by atoms with Crippen LogP contribution in [0.4, 0.5) is 17.2 Å². The molecule has 0 atom stereocenters. The monoisotopic (exact) mass is 376 g/mol. The highest BCUT2D eigenvalue weighted by molar-refractivity contribution is 7.92. The van der Waals surface area contributed by atoms with Crippen molar-refractivity contribution in [2.24, 2.45) is 0 Å². The topological polar surface area (TPSA) is 109 Å². The standard InChI is InChI=1S/C17H20N4O4S/c1-25-8-2-7-18-13-3-6-16(19-11-13)21-26(23,24)14-4-5-15-12(9-14)10-17(22)20-15/h3-6,9,11,18H,2,7-8,10H2,1H3,(H,19,21)(H,20,22). The SMILES string of the molecule is COCCCNc1ccc(NS(=O)(=O)c2ccc3c(c2)CC(=O)N3)nc1. The van der Waals surface area contributed by atoms with Gasteiger partial charge < -0.3 is 15.4 Å². The number of carbonyl (C=O) groups is 1. The minimum absolute atomic E-state index is 0.0938. The number of amides is 1. The summed E-state index contributed by atoms with van der Waals surface area (Å²) in [5.74, 6) is 0.0832. The van der Waals surface area contributed by atoms with Gasteiger partial charge in [-0.1, -0.05) is 0 Å². The summed E-state index contributed by atoms with van der Waals surface area (Å²) < 4.78 is 32.5. The zero-order valence-electron chi connectivity index (χ0n) is 14.3. The van der Waals surface area contributed by atoms with Gasteiger partial charge >= 0.3 is 0 Å². The molecule has 3 rings (SSSR count). The fourth-order valence-corrected chi connectivity index (χ4v) is 3.64. The maximum atomic E-state index is 12.5. The van der Waals surface area contributed by atoms with Crippen LogP contribution in [-0.4, -0.2) is 39.6 Å². The van der Waals surface area contributed by atoms with Crippen molar-refractivity contribution in [3.63, 3.8) is 0 Å². The summed E-state index contributed by atoms with van der Waals surface area (Å²) in [7, 11) is -2.13. The first kappa shape index (κ1) is 18.2. The van der Waals surface area contributed by atoms with E-state index < -0.39 is 10.0 Å². The molecule has 2 aromatic rings. The van der Waals surface area contributed by atoms with Crippen molar-refractivity contribution in [2.45, 2.75) is 17.7 Å². The summed E-state index contributed by atoms with van der Waals surface area (Å²) in [4.78, 5) is 15.6. The zero-order valence-corrected chi connectivity index (χ0v) is 15.1. The number of benzene rings is 1. The normalized spacial score (nSPS) is 13.2. The van der Waals surface area contributed by atoms with Crippen LogP contribution in [-0.2, 0) is 26.0 Å². The number of aromatic nitrogens is 1. The van der Waals surface area contributed by atoms with E-state index in [0.29, 0.717) is 17.9 Å². The maximum Gasteiger partial charge on any atom is 0.263 e. The third kappa shape index (κ3) is 4.30. The molecule has 0 bridgehead atoms. The maximum absolute atomic E-state index is 12.5. The fourth-order valence-electron chi connectivity index (χ4n) is 2.58. The number of ether oxygens (including phenoxy) is 1. The van der Waals surface area contributed by atoms with Gasteiger partial charge in [0.05, 0.1) is 23.2 Å². The molecule has 8 nitrogen and oxygen atoms in total. The Morgan fingerprint density at radius 2 is 2.12 bits per heavy atom. The smallest absolute Gasteiger partial charge is 0.263 e. The van der Waals surface area contributed by atoms with E-state index in [9.17, 15) is 13.2 Å². The van der Waals surface area contributed by atoms with E-state index in [1.165, 1.54) is 12.1 Å². The second-order valence-corrected chi connectivity index (χ2v) is 7.54. The quantitative estimate of drug-likeness (QED) is 0.607. The Morgan fingerprint density at radius 3 is 2.85 bits per heavy atom. The van der Waals surface area contributed by atoms with Crippen LogP contribution in [0, 0.1) is 0 Å². The molecule has 0 radical (unpaired) electrons. The van der Waals surface area contributed by atoms with Crippen LogP contribution < -0.4 is 15.4 Å². The Labute approximate surface area is 152 Å². The predicted octanol–water partition coefficient (Wildman–Crippen LogP) is 1.83. The van der Waals surface area contributed by atoms with Crippen molar-refractivity contribution in [2.75, 3.05) is 35.6 Å². The number of pyridine rings is 1. The van der Waals surface area contributed by atoms with Crippen molar-refractivity contribution < 1.29 is 17.9 Å². The molecule has 1 aliphatic rings. The molecule has 0 fully saturated rings. The average molecular weight is 376 g/mol. The van der Waals surface area contributed by atoms with Crippen LogP contribution in [0.5, 0.6) is 0 Å². The third-order valence-electron chi connectivity index (χ3n) is 3.87. The third-order valence-corrected chi connectivity index (χ3v) is 5.22. The second-order valence-electron chi connectivity index (χ2n) is 5.85. The van der Waals surface area contributed by atoms with Gasteiger partial charge in [-0.15, -0.1) is 0 Å². The number of rotatable bonds is 8. The molecule has 0 saturated heterocycles. The van der Waals surface area contributed by atoms with Crippen LogP contribution in [0.2, 0.25) is 0 Å². The van der Waals surface area contributed by atoms with E-state index in [1.807, 2.05) is 0 Å². The van der Waals surface area contributed by atoms with Crippen molar-refractivity contribution in [1.82, 2.24) is 4.98 Å². The van der Waals surface area contributed by atoms with Gasteiger partial charge in [-0.25, -0.2) is 13.4 Å². The van der Waals surface area contributed by atoms with Gasteiger partial charge in [0.15, 0.2) is 0 Å². The van der Waals surface area contributed by atoms with E-state index in [0.717, 1.165) is 18.7 Å². The lowest BCUT2D eigenvalue weighted by Gasteiger charge is -2.10. The van der Waals surface area contributed by atoms with E-state index in [1.54, 1.807) is 31.5 Å². The van der Waals surface area contributed by atoms with Crippen LogP contribution in [0.3, 0.4) is 0 Å². The van der Waals surface area contributed by atoms with Crippen molar-refractivity contribution in [3.05, 3.63) is 42.1 Å². The first-order valence-electron chi connectivity index (χ1n) is 8.12. The van der Waals surface area contributed by atoms with Crippen molar-refractivity contribution in [1.29, 1.82) is 0 Å². The first-order valence-corrected chi connectivity index (χ1v) is 9.61. The van der Waals surface area contributed by atoms with Crippen molar-refractivity contribution in [3.8, 4) is 0 Å². The van der Waals surface area contributed by atoms with Crippen LogP contribution in [0.1, 0.15) is 12.0 Å². The number of nitrogens with one attached hydrogen (secondary N) is 3. The molecule has 1 aliphatic heterocycles. The average Bonchev–Trinajstić information content (AvgIpc) is 2.99. The Hall–Kier alpha value is -2.65. The largest absolute Gasteiger partial charge is 0.385 e. The molecule has 0 aliphatic carbocycles. The molecule has 26 heavy (non-hydrogen) atoms. The summed E-state index contributed by atoms with van der Waals surface area (Å²) in [5.41, 5.74) is 2.11. The number of anilines is 3. The minimum Gasteiger partial charge on any atom is -0.385 e. The minimum atomic E-state index is -3.78. The van der Waals surface area contributed by atoms with Crippen molar-refractivity contribution >= 4 is 33.1 Å². The summed E-state index contributed by atoms with van der Waals surface area (Å²) in [6.45, 7) is 1.41. The summed E-state index contributed by atoms with van der Waals surface area (Å²) in [6, 6.07) is 7.90. The van der Waals surface area contributed by atoms with E-state index in [-0.39, 0.29) is 23.0 Å². The molecular weight excluding hydrogens is 356 g/mol. The zero-order chi connectivity index (χ0) is 18.6. The highest BCUT2D eigenvalue weighted by Gasteiger charge is 2.22. The lowest BCUT2D eigenvalue weighted by Crippen LogP contribution is -2.14. The summed E-state index contributed by atoms with van der Waals surface area (Å²) in [6.07, 6.45) is 2.61. The second kappa shape index (κ2) is 7.71. The van der Waals surface area contributed by atoms with E-state index in [4.69, 9.17) is 4.74 Å². The Balaban J connectivity index is 1.66. The molecule has 0 saturated carbocycles. The Morgan fingerprint density at radius 1 is 1.27 bits per heavy atom. The molecule has 2 heterocycles. The van der Waals surface area contributed by atoms with Gasteiger partial charge in [-0.05, 0) is 42.3 Å². The first-order chi connectivity index (χ1) is 12.5. The molecule has 9 heteroatoms. The summed E-state index contributed by atoms with van der Waals surface area (Å²) >= 11 is 0. The van der Waals surface area contributed by atoms with Crippen LogP contribution >= 0.6 is 0 Å². The number of sulfonamides is 1. The number of hydrogen-bond donors (Lipinski definition) is 3. The molecule has 0 unspecified atom stereocenters. The molecule has 0 spiro atoms. The predicted molar refractivity (Wildman–Crippen MR) is 98.8 cm³/mol. The lowest BCUT2D eigenvalue weighted by molar-refractivity contribution is -0.115. The molecular formula is C17H20N4O4S. The van der Waals surface area contributed by atoms with Gasteiger partial charge in [0, 0.05) is 25.9 Å². The van der Waals surface area contributed by atoms with E-state index in [2.05, 4.69) is 20.3 Å². The number of hydrogen-bond acceptors (Lipinski definition) is 6. The summed E-state index contributed by atoms with van der Waals surface area (Å²) in [5, 5.41) is 5.85. The number of nitrogens with zero attached hydrogens (tertiary/aromatic N) is 1. The molecule has 3 N–H and O–H groups in total. The van der Waals surface area contributed by atoms with Gasteiger partial charge in [0.1, 0.15) is 5.82 Å². The molecule has 1 aromatic carbocycles. The fraction of sp³-hybridized carbons (Fsp3) is 0.294. The Bertz CT molecular complexity index is 897.